The summed E-state index contributed by atoms with van der Waals surface area (Å²) in [5, 5.41) is 3.16. The second kappa shape index (κ2) is 6.51. The van der Waals surface area contributed by atoms with Gasteiger partial charge in [-0.15, -0.1) is 0 Å². The minimum absolute atomic E-state index is 0.0194. The Balaban J connectivity index is 1.81. The third-order valence-corrected chi connectivity index (χ3v) is 4.69. The zero-order valence-corrected chi connectivity index (χ0v) is 15.8. The number of H-pyrrole nitrogens is 1. The number of benzene rings is 1. The number of pyridine rings is 1. The van der Waals surface area contributed by atoms with Crippen LogP contribution < -0.4 is 22.1 Å². The molecule has 4 rings (SSSR count). The molecule has 0 atom stereocenters. The molecule has 146 valence electrons. The number of para-hydroxylation sites is 1. The van der Waals surface area contributed by atoms with Crippen LogP contribution in [0.2, 0.25) is 0 Å². The molecule has 0 bridgehead atoms. The Labute approximate surface area is 162 Å². The van der Waals surface area contributed by atoms with Gasteiger partial charge >= 0.3 is 5.69 Å². The molecule has 0 aliphatic rings. The van der Waals surface area contributed by atoms with Gasteiger partial charge in [-0.3, -0.25) is 33.8 Å². The molecule has 2 N–H and O–H groups in total. The second-order valence-corrected chi connectivity index (χ2v) is 6.61. The van der Waals surface area contributed by atoms with Gasteiger partial charge < -0.3 is 0 Å². The Morgan fingerprint density at radius 2 is 1.79 bits per heavy atom. The van der Waals surface area contributed by atoms with Gasteiger partial charge in [-0.2, -0.15) is 0 Å². The van der Waals surface area contributed by atoms with Crippen LogP contribution in [0.15, 0.2) is 44.7 Å². The van der Waals surface area contributed by atoms with E-state index in [0.29, 0.717) is 16.5 Å². The first kappa shape index (κ1) is 18.3. The van der Waals surface area contributed by atoms with Crippen LogP contribution in [0.25, 0.3) is 21.9 Å². The van der Waals surface area contributed by atoms with Gasteiger partial charge in [0, 0.05) is 14.1 Å². The minimum atomic E-state index is -0.637. The molecule has 3 aromatic heterocycles. The van der Waals surface area contributed by atoms with E-state index in [1.54, 1.807) is 31.2 Å². The number of hydrogen-bond acceptors (Lipinski definition) is 6. The molecule has 1 amide bonds. The molecule has 0 radical (unpaired) electrons. The van der Waals surface area contributed by atoms with Crippen molar-refractivity contribution in [2.45, 2.75) is 6.92 Å². The summed E-state index contributed by atoms with van der Waals surface area (Å²) in [6.45, 7) is 1.66. The molecule has 4 aromatic rings. The number of anilines is 1. The van der Waals surface area contributed by atoms with E-state index in [1.807, 2.05) is 0 Å². The number of aromatic nitrogens is 5. The normalized spacial score (nSPS) is 11.1. The first-order valence-electron chi connectivity index (χ1n) is 8.65. The molecule has 29 heavy (non-hydrogen) atoms. The summed E-state index contributed by atoms with van der Waals surface area (Å²) >= 11 is 0. The molecular weight excluding hydrogens is 376 g/mol. The summed E-state index contributed by atoms with van der Waals surface area (Å²) in [5.74, 6) is -0.669. The van der Waals surface area contributed by atoms with Crippen molar-refractivity contribution in [2.75, 3.05) is 5.32 Å². The van der Waals surface area contributed by atoms with Crippen molar-refractivity contribution in [3.05, 3.63) is 72.8 Å². The third-order valence-electron chi connectivity index (χ3n) is 4.69. The van der Waals surface area contributed by atoms with Crippen molar-refractivity contribution < 1.29 is 4.79 Å². The molecule has 0 spiro atoms. The van der Waals surface area contributed by atoms with Crippen LogP contribution in [0.3, 0.4) is 0 Å². The van der Waals surface area contributed by atoms with Crippen LogP contribution in [0, 0.1) is 6.92 Å². The number of hydrogen-bond donors (Lipinski definition) is 2. The Morgan fingerprint density at radius 1 is 1.07 bits per heavy atom. The maximum absolute atomic E-state index is 12.7. The number of amides is 1. The lowest BCUT2D eigenvalue weighted by Gasteiger charge is -2.11. The van der Waals surface area contributed by atoms with Gasteiger partial charge in [0.05, 0.1) is 16.3 Å². The Kier molecular flexibility index (Phi) is 4.11. The number of nitrogens with one attached hydrogen (secondary N) is 2. The van der Waals surface area contributed by atoms with E-state index in [0.717, 1.165) is 4.57 Å². The number of rotatable bonds is 2. The molecule has 3 heterocycles. The van der Waals surface area contributed by atoms with Gasteiger partial charge in [-0.1, -0.05) is 12.1 Å². The van der Waals surface area contributed by atoms with Crippen molar-refractivity contribution in [1.29, 1.82) is 0 Å². The molecule has 10 nitrogen and oxygen atoms in total. The van der Waals surface area contributed by atoms with Crippen molar-refractivity contribution in [2.24, 2.45) is 14.1 Å². The standard InChI is InChI=1S/C19H16N6O4/c1-9-8-12(20-14-13(9)17(28)25(3)19(29)24(14)2)16(27)23-18-21-11-7-5-4-6-10(11)15(26)22-18/h4-8H,1-3H3,(H2,21,22,23,26,27). The van der Waals surface area contributed by atoms with Crippen molar-refractivity contribution >= 4 is 33.8 Å². The molecule has 1 aromatic carbocycles. The van der Waals surface area contributed by atoms with E-state index in [9.17, 15) is 19.2 Å². The van der Waals surface area contributed by atoms with E-state index >= 15 is 0 Å². The molecule has 0 aliphatic heterocycles. The lowest BCUT2D eigenvalue weighted by Crippen LogP contribution is -2.38. The summed E-state index contributed by atoms with van der Waals surface area (Å²) in [5.41, 5.74) is -0.416. The molecule has 0 unspecified atom stereocenters. The highest BCUT2D eigenvalue weighted by Gasteiger charge is 2.17. The van der Waals surface area contributed by atoms with E-state index in [2.05, 4.69) is 20.3 Å². The number of carbonyl (C=O) groups excluding carboxylic acids is 1. The Hall–Kier alpha value is -4.08. The van der Waals surface area contributed by atoms with Gasteiger partial charge in [0.25, 0.3) is 17.0 Å². The molecule has 0 fully saturated rings. The quantitative estimate of drug-likeness (QED) is 0.508. The fraction of sp³-hybridized carbons (Fsp3) is 0.158. The predicted molar refractivity (Wildman–Crippen MR) is 107 cm³/mol. The molecule has 0 saturated carbocycles. The zero-order valence-electron chi connectivity index (χ0n) is 15.8. The van der Waals surface area contributed by atoms with Crippen LogP contribution in [-0.2, 0) is 14.1 Å². The minimum Gasteiger partial charge on any atom is -0.292 e. The molecule has 0 aliphatic carbocycles. The first-order chi connectivity index (χ1) is 13.8. The smallest absolute Gasteiger partial charge is 0.292 e. The molecular formula is C19H16N6O4. The van der Waals surface area contributed by atoms with Crippen LogP contribution in [0.4, 0.5) is 5.95 Å². The van der Waals surface area contributed by atoms with Crippen LogP contribution in [0.1, 0.15) is 16.1 Å². The second-order valence-electron chi connectivity index (χ2n) is 6.61. The fourth-order valence-corrected chi connectivity index (χ4v) is 3.17. The Bertz CT molecular complexity index is 1500. The summed E-state index contributed by atoms with van der Waals surface area (Å²) < 4.78 is 2.19. The summed E-state index contributed by atoms with van der Waals surface area (Å²) in [6, 6.07) is 8.18. The molecule has 10 heteroatoms. The van der Waals surface area contributed by atoms with Gasteiger partial charge in [-0.05, 0) is 30.7 Å². The summed E-state index contributed by atoms with van der Waals surface area (Å²) in [7, 11) is 2.85. The van der Waals surface area contributed by atoms with Crippen molar-refractivity contribution in [1.82, 2.24) is 24.1 Å². The van der Waals surface area contributed by atoms with Crippen molar-refractivity contribution in [3.8, 4) is 0 Å². The average molecular weight is 392 g/mol. The van der Waals surface area contributed by atoms with Crippen LogP contribution in [-0.4, -0.2) is 30.0 Å². The van der Waals surface area contributed by atoms with Gasteiger partial charge in [0.1, 0.15) is 11.3 Å². The van der Waals surface area contributed by atoms with Gasteiger partial charge in [0.15, 0.2) is 0 Å². The lowest BCUT2D eigenvalue weighted by atomic mass is 10.1. The molecule has 0 saturated heterocycles. The third kappa shape index (κ3) is 2.90. The van der Waals surface area contributed by atoms with Gasteiger partial charge in [0.2, 0.25) is 5.95 Å². The number of nitrogens with zero attached hydrogens (tertiary/aromatic N) is 4. The maximum Gasteiger partial charge on any atom is 0.332 e. The SMILES string of the molecule is Cc1cc(C(=O)Nc2nc3ccccc3c(=O)[nH]2)nc2c1c(=O)n(C)c(=O)n2C. The predicted octanol–water partition coefficient (Wildman–Crippen LogP) is 0.429. The highest BCUT2D eigenvalue weighted by atomic mass is 16.2. The van der Waals surface area contributed by atoms with Crippen LogP contribution >= 0.6 is 0 Å². The first-order valence-corrected chi connectivity index (χ1v) is 8.65. The topological polar surface area (TPSA) is 132 Å². The fourth-order valence-electron chi connectivity index (χ4n) is 3.17. The number of fused-ring (bicyclic) bond motifs is 2. The summed E-state index contributed by atoms with van der Waals surface area (Å²) in [6.07, 6.45) is 0. The van der Waals surface area contributed by atoms with Crippen molar-refractivity contribution in [3.63, 3.8) is 0 Å². The van der Waals surface area contributed by atoms with E-state index in [-0.39, 0.29) is 28.2 Å². The summed E-state index contributed by atoms with van der Waals surface area (Å²) in [4.78, 5) is 60.4. The zero-order chi connectivity index (χ0) is 20.9. The average Bonchev–Trinajstić information content (AvgIpc) is 2.70. The Morgan fingerprint density at radius 3 is 2.55 bits per heavy atom. The van der Waals surface area contributed by atoms with Crippen LogP contribution in [0.5, 0.6) is 0 Å². The number of aryl methyl sites for hydroxylation is 2. The largest absolute Gasteiger partial charge is 0.332 e. The monoisotopic (exact) mass is 392 g/mol. The number of aromatic amines is 1. The highest BCUT2D eigenvalue weighted by molar-refractivity contribution is 6.03. The van der Waals surface area contributed by atoms with E-state index < -0.39 is 17.2 Å². The maximum atomic E-state index is 12.7. The number of carbonyl (C=O) groups is 1. The van der Waals surface area contributed by atoms with E-state index in [4.69, 9.17) is 0 Å². The van der Waals surface area contributed by atoms with E-state index in [1.165, 1.54) is 24.7 Å². The highest BCUT2D eigenvalue weighted by Crippen LogP contribution is 2.14. The van der Waals surface area contributed by atoms with Gasteiger partial charge in [-0.25, -0.2) is 14.8 Å². The lowest BCUT2D eigenvalue weighted by molar-refractivity contribution is 0.102.